The highest BCUT2D eigenvalue weighted by molar-refractivity contribution is 6.46. The minimum absolute atomic E-state index is 0.0537. The van der Waals surface area contributed by atoms with Crippen molar-refractivity contribution in [3.8, 4) is 5.75 Å². The van der Waals surface area contributed by atoms with Gasteiger partial charge in [0.25, 0.3) is 11.7 Å². The van der Waals surface area contributed by atoms with Crippen molar-refractivity contribution in [1.82, 2.24) is 9.88 Å². The van der Waals surface area contributed by atoms with Gasteiger partial charge in [-0.2, -0.15) is 0 Å². The molecule has 1 aromatic heterocycles. The number of carbonyl (C=O) groups excluding carboxylic acids is 2. The fourth-order valence-corrected chi connectivity index (χ4v) is 4.46. The van der Waals surface area contributed by atoms with Gasteiger partial charge in [-0.25, -0.2) is 0 Å². The molecule has 1 fully saturated rings. The summed E-state index contributed by atoms with van der Waals surface area (Å²) in [5.41, 5.74) is 4.02. The molecule has 3 aromatic carbocycles. The number of ether oxygens (including phenoxy) is 1. The van der Waals surface area contributed by atoms with Crippen LogP contribution in [0.5, 0.6) is 5.75 Å². The molecule has 1 N–H and O–H groups in total. The van der Waals surface area contributed by atoms with Gasteiger partial charge in [-0.15, -0.1) is 0 Å². The van der Waals surface area contributed by atoms with Crippen LogP contribution in [0.15, 0.2) is 109 Å². The second-order valence-electron chi connectivity index (χ2n) is 9.00. The van der Waals surface area contributed by atoms with Crippen LogP contribution in [0.3, 0.4) is 0 Å². The van der Waals surface area contributed by atoms with Crippen molar-refractivity contribution in [2.45, 2.75) is 26.1 Å². The second-order valence-corrected chi connectivity index (χ2v) is 9.00. The Kier molecular flexibility index (Phi) is 6.81. The van der Waals surface area contributed by atoms with Crippen LogP contribution in [0.25, 0.3) is 5.76 Å². The standard InChI is InChI=1S/C31H26N2O4/c1-21-12-14-24(15-13-21)29(34)27-28(33(31(36)30(27)35)19-23-9-6-16-32-18-23)25-10-5-11-26(17-25)37-20-22-7-3-2-4-8-22/h2-18,28,34H,19-20H2,1H3. The summed E-state index contributed by atoms with van der Waals surface area (Å²) < 4.78 is 6.02. The molecule has 1 atom stereocenters. The molecule has 6 heteroatoms. The highest BCUT2D eigenvalue weighted by atomic mass is 16.5. The van der Waals surface area contributed by atoms with Crippen LogP contribution >= 0.6 is 0 Å². The summed E-state index contributed by atoms with van der Waals surface area (Å²) in [5.74, 6) is -0.989. The first-order chi connectivity index (χ1) is 18.0. The Morgan fingerprint density at radius 2 is 1.68 bits per heavy atom. The smallest absolute Gasteiger partial charge is 0.295 e. The number of aromatic nitrogens is 1. The van der Waals surface area contributed by atoms with Gasteiger partial charge in [0, 0.05) is 24.5 Å². The number of ketones is 1. The number of carbonyl (C=O) groups is 2. The summed E-state index contributed by atoms with van der Waals surface area (Å²) in [7, 11) is 0. The van der Waals surface area contributed by atoms with Gasteiger partial charge in [0.15, 0.2) is 0 Å². The number of aliphatic hydroxyl groups excluding tert-OH is 1. The van der Waals surface area contributed by atoms with E-state index in [0.717, 1.165) is 16.7 Å². The van der Waals surface area contributed by atoms with Crippen LogP contribution in [0, 0.1) is 6.92 Å². The number of pyridine rings is 1. The fourth-order valence-electron chi connectivity index (χ4n) is 4.46. The third-order valence-electron chi connectivity index (χ3n) is 6.36. The number of amides is 1. The average Bonchev–Trinajstić information content (AvgIpc) is 3.18. The number of nitrogens with zero attached hydrogens (tertiary/aromatic N) is 2. The van der Waals surface area contributed by atoms with Gasteiger partial charge < -0.3 is 14.7 Å². The Hall–Kier alpha value is -4.71. The van der Waals surface area contributed by atoms with E-state index in [1.807, 2.05) is 79.7 Å². The number of aliphatic hydroxyl groups is 1. The molecular weight excluding hydrogens is 464 g/mol. The Labute approximate surface area is 215 Å². The van der Waals surface area contributed by atoms with Gasteiger partial charge in [0.2, 0.25) is 0 Å². The maximum Gasteiger partial charge on any atom is 0.295 e. The highest BCUT2D eigenvalue weighted by Gasteiger charge is 2.46. The monoisotopic (exact) mass is 490 g/mol. The topological polar surface area (TPSA) is 79.7 Å². The summed E-state index contributed by atoms with van der Waals surface area (Å²) in [6.07, 6.45) is 3.32. The molecule has 0 spiro atoms. The molecule has 0 aliphatic carbocycles. The maximum absolute atomic E-state index is 13.3. The Balaban J connectivity index is 1.56. The third-order valence-corrected chi connectivity index (χ3v) is 6.36. The van der Waals surface area contributed by atoms with Crippen LogP contribution in [0.4, 0.5) is 0 Å². The van der Waals surface area contributed by atoms with Crippen molar-refractivity contribution < 1.29 is 19.4 Å². The number of hydrogen-bond acceptors (Lipinski definition) is 5. The predicted molar refractivity (Wildman–Crippen MR) is 140 cm³/mol. The van der Waals surface area contributed by atoms with Gasteiger partial charge in [0.05, 0.1) is 11.6 Å². The van der Waals surface area contributed by atoms with E-state index in [2.05, 4.69) is 4.98 Å². The van der Waals surface area contributed by atoms with Crippen molar-refractivity contribution in [3.63, 3.8) is 0 Å². The zero-order valence-electron chi connectivity index (χ0n) is 20.4. The first kappa shape index (κ1) is 24.0. The average molecular weight is 491 g/mol. The summed E-state index contributed by atoms with van der Waals surface area (Å²) in [6, 6.07) is 27.2. The predicted octanol–water partition coefficient (Wildman–Crippen LogP) is 5.59. The summed E-state index contributed by atoms with van der Waals surface area (Å²) >= 11 is 0. The molecule has 2 heterocycles. The van der Waals surface area contributed by atoms with E-state index in [4.69, 9.17) is 4.74 Å². The van der Waals surface area contributed by atoms with E-state index in [-0.39, 0.29) is 17.9 Å². The van der Waals surface area contributed by atoms with Crippen LogP contribution in [0.1, 0.15) is 33.9 Å². The molecule has 1 aliphatic heterocycles. The molecule has 0 radical (unpaired) electrons. The molecule has 1 aliphatic rings. The third kappa shape index (κ3) is 5.14. The zero-order chi connectivity index (χ0) is 25.8. The van der Waals surface area contributed by atoms with Gasteiger partial charge >= 0.3 is 0 Å². The summed E-state index contributed by atoms with van der Waals surface area (Å²) in [5, 5.41) is 11.3. The molecule has 0 bridgehead atoms. The molecule has 1 saturated heterocycles. The molecule has 6 nitrogen and oxygen atoms in total. The SMILES string of the molecule is Cc1ccc(C(O)=C2C(=O)C(=O)N(Cc3cccnc3)C2c2cccc(OCc3ccccc3)c2)cc1. The lowest BCUT2D eigenvalue weighted by molar-refractivity contribution is -0.140. The Morgan fingerprint density at radius 1 is 0.919 bits per heavy atom. The molecule has 5 rings (SSSR count). The summed E-state index contributed by atoms with van der Waals surface area (Å²) in [6.45, 7) is 2.49. The van der Waals surface area contributed by atoms with Crippen LogP contribution < -0.4 is 4.74 Å². The minimum Gasteiger partial charge on any atom is -0.507 e. The van der Waals surface area contributed by atoms with E-state index in [1.165, 1.54) is 4.90 Å². The first-order valence-corrected chi connectivity index (χ1v) is 12.0. The number of Topliss-reactive ketones (excluding diaryl/α,β-unsaturated/α-hetero) is 1. The number of benzene rings is 3. The normalized spacial score (nSPS) is 16.7. The molecule has 184 valence electrons. The molecule has 0 saturated carbocycles. The maximum atomic E-state index is 13.3. The van der Waals surface area contributed by atoms with E-state index < -0.39 is 17.7 Å². The lowest BCUT2D eigenvalue weighted by atomic mass is 9.94. The van der Waals surface area contributed by atoms with Gasteiger partial charge in [0.1, 0.15) is 18.1 Å². The van der Waals surface area contributed by atoms with E-state index in [1.54, 1.807) is 30.6 Å². The van der Waals surface area contributed by atoms with E-state index in [0.29, 0.717) is 23.5 Å². The lowest BCUT2D eigenvalue weighted by Gasteiger charge is -2.25. The van der Waals surface area contributed by atoms with Crippen molar-refractivity contribution in [2.75, 3.05) is 0 Å². The molecular formula is C31H26N2O4. The molecule has 1 amide bonds. The van der Waals surface area contributed by atoms with Crippen LogP contribution in [-0.2, 0) is 22.7 Å². The Morgan fingerprint density at radius 3 is 2.41 bits per heavy atom. The van der Waals surface area contributed by atoms with Crippen molar-refractivity contribution in [1.29, 1.82) is 0 Å². The molecule has 1 unspecified atom stereocenters. The fraction of sp³-hybridized carbons (Fsp3) is 0.129. The second kappa shape index (κ2) is 10.5. The number of aryl methyl sites for hydroxylation is 1. The van der Waals surface area contributed by atoms with Crippen molar-refractivity contribution in [3.05, 3.63) is 137 Å². The van der Waals surface area contributed by atoms with Crippen LogP contribution in [0.2, 0.25) is 0 Å². The van der Waals surface area contributed by atoms with Crippen LogP contribution in [-0.4, -0.2) is 26.7 Å². The number of hydrogen-bond donors (Lipinski definition) is 1. The minimum atomic E-state index is -0.790. The van der Waals surface area contributed by atoms with Crippen molar-refractivity contribution in [2.24, 2.45) is 0 Å². The van der Waals surface area contributed by atoms with E-state index in [9.17, 15) is 14.7 Å². The quantitative estimate of drug-likeness (QED) is 0.208. The molecule has 4 aromatic rings. The Bertz CT molecular complexity index is 1450. The van der Waals surface area contributed by atoms with Gasteiger partial charge in [-0.1, -0.05) is 78.4 Å². The van der Waals surface area contributed by atoms with E-state index >= 15 is 0 Å². The largest absolute Gasteiger partial charge is 0.507 e. The van der Waals surface area contributed by atoms with Crippen molar-refractivity contribution >= 4 is 17.4 Å². The molecule has 37 heavy (non-hydrogen) atoms. The first-order valence-electron chi connectivity index (χ1n) is 12.0. The highest BCUT2D eigenvalue weighted by Crippen LogP contribution is 2.41. The lowest BCUT2D eigenvalue weighted by Crippen LogP contribution is -2.29. The summed E-state index contributed by atoms with van der Waals surface area (Å²) in [4.78, 5) is 32.2. The zero-order valence-corrected chi connectivity index (χ0v) is 20.4. The number of likely N-dealkylation sites (tertiary alicyclic amines) is 1. The number of rotatable bonds is 7. The van der Waals surface area contributed by atoms with Gasteiger partial charge in [-0.05, 0) is 41.8 Å². The van der Waals surface area contributed by atoms with Gasteiger partial charge in [-0.3, -0.25) is 14.6 Å².